The van der Waals surface area contributed by atoms with Crippen LogP contribution in [-0.2, 0) is 4.74 Å². The van der Waals surface area contributed by atoms with Crippen LogP contribution in [0.4, 0.5) is 10.2 Å². The van der Waals surface area contributed by atoms with Crippen LogP contribution in [0.2, 0.25) is 0 Å². The summed E-state index contributed by atoms with van der Waals surface area (Å²) in [6.07, 6.45) is 1.97. The summed E-state index contributed by atoms with van der Waals surface area (Å²) in [5.74, 6) is 0.733. The van der Waals surface area contributed by atoms with Gasteiger partial charge in [-0.25, -0.2) is 14.4 Å². The maximum Gasteiger partial charge on any atom is 0.150 e. The molecule has 0 spiro atoms. The van der Waals surface area contributed by atoms with Gasteiger partial charge in [0.05, 0.1) is 22.4 Å². The van der Waals surface area contributed by atoms with Crippen molar-refractivity contribution in [2.24, 2.45) is 0 Å². The van der Waals surface area contributed by atoms with Crippen molar-refractivity contribution in [2.75, 3.05) is 18.0 Å². The molecule has 24 heavy (non-hydrogen) atoms. The van der Waals surface area contributed by atoms with Gasteiger partial charge < -0.3 is 9.64 Å². The summed E-state index contributed by atoms with van der Waals surface area (Å²) in [6, 6.07) is 8.61. The van der Waals surface area contributed by atoms with Gasteiger partial charge in [0.15, 0.2) is 0 Å². The van der Waals surface area contributed by atoms with Crippen molar-refractivity contribution in [1.29, 1.82) is 0 Å². The van der Waals surface area contributed by atoms with Gasteiger partial charge in [0.2, 0.25) is 0 Å². The smallest absolute Gasteiger partial charge is 0.150 e. The Balaban J connectivity index is 1.76. The molecule has 0 saturated carbocycles. The molecule has 3 heterocycles. The highest BCUT2D eigenvalue weighted by Gasteiger charge is 2.25. The van der Waals surface area contributed by atoms with Crippen molar-refractivity contribution in [3.8, 4) is 10.4 Å². The van der Waals surface area contributed by atoms with E-state index in [1.807, 2.05) is 6.07 Å². The van der Waals surface area contributed by atoms with Crippen LogP contribution in [0.3, 0.4) is 0 Å². The Bertz CT molecular complexity index is 854. The van der Waals surface area contributed by atoms with Gasteiger partial charge >= 0.3 is 0 Å². The second kappa shape index (κ2) is 6.11. The van der Waals surface area contributed by atoms with E-state index < -0.39 is 0 Å². The number of fused-ring (bicyclic) bond motifs is 1. The lowest BCUT2D eigenvalue weighted by Crippen LogP contribution is -2.45. The van der Waals surface area contributed by atoms with Crippen molar-refractivity contribution in [2.45, 2.75) is 26.1 Å². The van der Waals surface area contributed by atoms with Crippen LogP contribution in [0.1, 0.15) is 13.8 Å². The molecule has 0 bridgehead atoms. The zero-order valence-corrected chi connectivity index (χ0v) is 14.4. The molecule has 1 fully saturated rings. The second-order valence-electron chi connectivity index (χ2n) is 6.19. The number of benzene rings is 1. The number of anilines is 1. The number of hydrogen-bond donors (Lipinski definition) is 0. The summed E-state index contributed by atoms with van der Waals surface area (Å²) in [7, 11) is 0. The molecular formula is C18H18FN3OS. The molecular weight excluding hydrogens is 325 g/mol. The molecule has 0 unspecified atom stereocenters. The molecule has 1 aromatic carbocycles. The zero-order chi connectivity index (χ0) is 16.7. The fourth-order valence-electron chi connectivity index (χ4n) is 3.17. The third-order valence-corrected chi connectivity index (χ3v) is 5.31. The van der Waals surface area contributed by atoms with E-state index in [9.17, 15) is 4.39 Å². The number of hydrogen-bond acceptors (Lipinski definition) is 5. The van der Waals surface area contributed by atoms with Gasteiger partial charge in [0.25, 0.3) is 0 Å². The SMILES string of the molecule is C[C@@H]1CN(c2ncnc3cc(-c4ccc(F)cc4)sc23)C[C@@H](C)O1. The fourth-order valence-corrected chi connectivity index (χ4v) is 4.31. The quantitative estimate of drug-likeness (QED) is 0.702. The van der Waals surface area contributed by atoms with E-state index in [-0.39, 0.29) is 18.0 Å². The Morgan fingerprint density at radius 3 is 2.54 bits per heavy atom. The lowest BCUT2D eigenvalue weighted by atomic mass is 10.2. The van der Waals surface area contributed by atoms with Crippen molar-refractivity contribution < 1.29 is 9.13 Å². The van der Waals surface area contributed by atoms with Gasteiger partial charge in [-0.15, -0.1) is 11.3 Å². The molecule has 4 rings (SSSR count). The van der Waals surface area contributed by atoms with Crippen molar-refractivity contribution in [1.82, 2.24) is 9.97 Å². The number of aromatic nitrogens is 2. The molecule has 1 aliphatic rings. The van der Waals surface area contributed by atoms with E-state index in [2.05, 4.69) is 28.7 Å². The first kappa shape index (κ1) is 15.5. The van der Waals surface area contributed by atoms with Gasteiger partial charge in [0.1, 0.15) is 18.0 Å². The van der Waals surface area contributed by atoms with Gasteiger partial charge in [0, 0.05) is 18.0 Å². The number of ether oxygens (including phenoxy) is 1. The summed E-state index contributed by atoms with van der Waals surface area (Å²) < 4.78 is 20.0. The van der Waals surface area contributed by atoms with Crippen LogP contribution in [0.15, 0.2) is 36.7 Å². The van der Waals surface area contributed by atoms with Gasteiger partial charge in [-0.1, -0.05) is 12.1 Å². The first-order valence-electron chi connectivity index (χ1n) is 8.01. The van der Waals surface area contributed by atoms with Crippen molar-refractivity contribution in [3.05, 3.63) is 42.5 Å². The number of nitrogens with zero attached hydrogens (tertiary/aromatic N) is 3. The van der Waals surface area contributed by atoms with Gasteiger partial charge in [-0.3, -0.25) is 0 Å². The van der Waals surface area contributed by atoms with Crippen LogP contribution < -0.4 is 4.90 Å². The third-order valence-electron chi connectivity index (χ3n) is 4.14. The Kier molecular flexibility index (Phi) is 3.94. The minimum absolute atomic E-state index is 0.176. The number of halogens is 1. The molecule has 0 N–H and O–H groups in total. The average Bonchev–Trinajstić information content (AvgIpc) is 2.98. The molecule has 124 valence electrons. The summed E-state index contributed by atoms with van der Waals surface area (Å²) in [5, 5.41) is 0. The topological polar surface area (TPSA) is 38.2 Å². The van der Waals surface area contributed by atoms with Gasteiger partial charge in [-0.2, -0.15) is 0 Å². The first-order valence-corrected chi connectivity index (χ1v) is 8.82. The lowest BCUT2D eigenvalue weighted by Gasteiger charge is -2.36. The van der Waals surface area contributed by atoms with E-state index in [4.69, 9.17) is 4.74 Å². The second-order valence-corrected chi connectivity index (χ2v) is 7.24. The first-order chi connectivity index (χ1) is 11.6. The van der Waals surface area contributed by atoms with E-state index in [1.54, 1.807) is 29.8 Å². The Labute approximate surface area is 143 Å². The highest BCUT2D eigenvalue weighted by atomic mass is 32.1. The molecule has 0 amide bonds. The van der Waals surface area contributed by atoms with Crippen LogP contribution >= 0.6 is 11.3 Å². The maximum atomic E-state index is 13.1. The van der Waals surface area contributed by atoms with Crippen LogP contribution in [0.25, 0.3) is 20.7 Å². The fraction of sp³-hybridized carbons (Fsp3) is 0.333. The molecule has 0 aliphatic carbocycles. The van der Waals surface area contributed by atoms with Gasteiger partial charge in [-0.05, 0) is 37.6 Å². The largest absolute Gasteiger partial charge is 0.372 e. The molecule has 1 aliphatic heterocycles. The standard InChI is InChI=1S/C18H18FN3OS/c1-11-8-22(9-12(2)23-11)18-17-15(20-10-21-18)7-16(24-17)13-3-5-14(19)6-4-13/h3-7,10-12H,8-9H2,1-2H3/t11-,12-/m1/s1. The highest BCUT2D eigenvalue weighted by molar-refractivity contribution is 7.22. The normalized spacial score (nSPS) is 21.4. The summed E-state index contributed by atoms with van der Waals surface area (Å²) in [6.45, 7) is 5.80. The molecule has 1 saturated heterocycles. The molecule has 2 aromatic heterocycles. The molecule has 6 heteroatoms. The molecule has 0 radical (unpaired) electrons. The number of morpholine rings is 1. The number of rotatable bonds is 2. The van der Waals surface area contributed by atoms with E-state index in [0.717, 1.165) is 39.6 Å². The molecule has 2 atom stereocenters. The van der Waals surface area contributed by atoms with Crippen LogP contribution in [0, 0.1) is 5.82 Å². The van der Waals surface area contributed by atoms with Crippen molar-refractivity contribution in [3.63, 3.8) is 0 Å². The summed E-state index contributed by atoms with van der Waals surface area (Å²) in [5.41, 5.74) is 1.92. The minimum Gasteiger partial charge on any atom is -0.372 e. The average molecular weight is 343 g/mol. The van der Waals surface area contributed by atoms with Crippen LogP contribution in [-0.4, -0.2) is 35.3 Å². The minimum atomic E-state index is -0.225. The van der Waals surface area contributed by atoms with E-state index in [0.29, 0.717) is 0 Å². The predicted molar refractivity (Wildman–Crippen MR) is 95.0 cm³/mol. The third kappa shape index (κ3) is 2.87. The zero-order valence-electron chi connectivity index (χ0n) is 13.6. The van der Waals surface area contributed by atoms with Crippen molar-refractivity contribution >= 4 is 27.4 Å². The lowest BCUT2D eigenvalue weighted by molar-refractivity contribution is -0.00536. The van der Waals surface area contributed by atoms with E-state index >= 15 is 0 Å². The Morgan fingerprint density at radius 2 is 1.83 bits per heavy atom. The summed E-state index contributed by atoms with van der Waals surface area (Å²) in [4.78, 5) is 12.3. The van der Waals surface area contributed by atoms with Crippen LogP contribution in [0.5, 0.6) is 0 Å². The maximum absolute atomic E-state index is 13.1. The van der Waals surface area contributed by atoms with E-state index in [1.165, 1.54) is 12.1 Å². The highest BCUT2D eigenvalue weighted by Crippen LogP contribution is 2.37. The monoisotopic (exact) mass is 343 g/mol. The molecule has 4 nitrogen and oxygen atoms in total. The predicted octanol–water partition coefficient (Wildman–Crippen LogP) is 4.11. The Hall–Kier alpha value is -2.05. The molecule has 3 aromatic rings. The number of thiophene rings is 1. The Morgan fingerprint density at radius 1 is 1.12 bits per heavy atom. The summed E-state index contributed by atoms with van der Waals surface area (Å²) >= 11 is 1.65.